The van der Waals surface area contributed by atoms with Crippen molar-refractivity contribution < 1.29 is 23.7 Å². The SMILES string of the molecule is CC(C)O[C@H]1OC(=O)[C@@H]2OC(C)(C)O[C@H]12. The number of hydrogen-bond acceptors (Lipinski definition) is 5. The van der Waals surface area contributed by atoms with E-state index in [4.69, 9.17) is 18.9 Å². The second kappa shape index (κ2) is 3.43. The van der Waals surface area contributed by atoms with Gasteiger partial charge in [0.25, 0.3) is 0 Å². The predicted molar refractivity (Wildman–Crippen MR) is 49.9 cm³/mol. The minimum absolute atomic E-state index is 0.0196. The van der Waals surface area contributed by atoms with Crippen LogP contribution in [0.3, 0.4) is 0 Å². The smallest absolute Gasteiger partial charge is 0.340 e. The maximum atomic E-state index is 11.4. The zero-order valence-corrected chi connectivity index (χ0v) is 9.35. The monoisotopic (exact) mass is 216 g/mol. The Kier molecular flexibility index (Phi) is 2.48. The van der Waals surface area contributed by atoms with Crippen molar-refractivity contribution in [2.24, 2.45) is 0 Å². The van der Waals surface area contributed by atoms with Crippen molar-refractivity contribution in [1.82, 2.24) is 0 Å². The molecule has 3 atom stereocenters. The molecule has 0 radical (unpaired) electrons. The molecule has 0 spiro atoms. The van der Waals surface area contributed by atoms with Crippen molar-refractivity contribution in [2.75, 3.05) is 0 Å². The van der Waals surface area contributed by atoms with Gasteiger partial charge in [-0.1, -0.05) is 0 Å². The van der Waals surface area contributed by atoms with E-state index < -0.39 is 30.3 Å². The average molecular weight is 216 g/mol. The van der Waals surface area contributed by atoms with Gasteiger partial charge in [-0.15, -0.1) is 0 Å². The summed E-state index contributed by atoms with van der Waals surface area (Å²) in [5.41, 5.74) is 0. The van der Waals surface area contributed by atoms with Crippen molar-refractivity contribution in [3.8, 4) is 0 Å². The minimum atomic E-state index is -0.743. The van der Waals surface area contributed by atoms with Crippen LogP contribution in [-0.2, 0) is 23.7 Å². The summed E-state index contributed by atoms with van der Waals surface area (Å²) in [6.07, 6.45) is -1.77. The number of esters is 1. The van der Waals surface area contributed by atoms with Crippen molar-refractivity contribution in [2.45, 2.75) is 58.1 Å². The van der Waals surface area contributed by atoms with Gasteiger partial charge in [0.05, 0.1) is 6.10 Å². The summed E-state index contributed by atoms with van der Waals surface area (Å²) in [5.74, 6) is -1.15. The molecule has 15 heavy (non-hydrogen) atoms. The Morgan fingerprint density at radius 1 is 1.33 bits per heavy atom. The molecule has 0 aromatic rings. The molecular formula is C10H16O5. The number of fused-ring (bicyclic) bond motifs is 1. The Hall–Kier alpha value is -0.650. The molecule has 0 unspecified atom stereocenters. The van der Waals surface area contributed by atoms with Gasteiger partial charge in [-0.25, -0.2) is 4.79 Å². The standard InChI is InChI=1S/C10H16O5/c1-5(2)12-9-7-6(8(11)13-9)14-10(3,4)15-7/h5-7,9H,1-4H3/t6-,7+,9+/m1/s1. The minimum Gasteiger partial charge on any atom is -0.431 e. The van der Waals surface area contributed by atoms with Gasteiger partial charge in [0, 0.05) is 0 Å². The van der Waals surface area contributed by atoms with Crippen LogP contribution in [-0.4, -0.2) is 36.4 Å². The van der Waals surface area contributed by atoms with Gasteiger partial charge < -0.3 is 18.9 Å². The molecule has 0 bridgehead atoms. The molecule has 0 aliphatic carbocycles. The lowest BCUT2D eigenvalue weighted by atomic mass is 10.2. The summed E-state index contributed by atoms with van der Waals surface area (Å²) >= 11 is 0. The first-order valence-electron chi connectivity index (χ1n) is 5.11. The summed E-state index contributed by atoms with van der Waals surface area (Å²) < 4.78 is 21.4. The van der Waals surface area contributed by atoms with Gasteiger partial charge >= 0.3 is 5.97 Å². The largest absolute Gasteiger partial charge is 0.431 e. The van der Waals surface area contributed by atoms with E-state index in [0.717, 1.165) is 0 Å². The van der Waals surface area contributed by atoms with E-state index >= 15 is 0 Å². The highest BCUT2D eigenvalue weighted by Gasteiger charge is 2.56. The van der Waals surface area contributed by atoms with E-state index in [1.165, 1.54) is 0 Å². The maximum absolute atomic E-state index is 11.4. The third kappa shape index (κ3) is 2.00. The molecule has 0 aromatic carbocycles. The van der Waals surface area contributed by atoms with Crippen LogP contribution in [0.25, 0.3) is 0 Å². The molecule has 0 N–H and O–H groups in total. The summed E-state index contributed by atoms with van der Waals surface area (Å²) in [7, 11) is 0. The van der Waals surface area contributed by atoms with Crippen LogP contribution in [0.4, 0.5) is 0 Å². The molecule has 2 heterocycles. The first kappa shape index (κ1) is 10.9. The van der Waals surface area contributed by atoms with Gasteiger partial charge in [0.15, 0.2) is 18.0 Å². The number of rotatable bonds is 2. The van der Waals surface area contributed by atoms with Gasteiger partial charge in [-0.3, -0.25) is 0 Å². The lowest BCUT2D eigenvalue weighted by Gasteiger charge is -2.22. The molecular weight excluding hydrogens is 200 g/mol. The van der Waals surface area contributed by atoms with E-state index in [1.807, 2.05) is 13.8 Å². The molecule has 2 saturated heterocycles. The summed E-state index contributed by atoms with van der Waals surface area (Å²) in [5, 5.41) is 0. The quantitative estimate of drug-likeness (QED) is 0.639. The van der Waals surface area contributed by atoms with Crippen LogP contribution in [0, 0.1) is 0 Å². The fraction of sp³-hybridized carbons (Fsp3) is 0.900. The van der Waals surface area contributed by atoms with Crippen LogP contribution in [0.1, 0.15) is 27.7 Å². The first-order chi connectivity index (χ1) is 6.89. The normalized spacial score (nSPS) is 38.2. The molecule has 5 nitrogen and oxygen atoms in total. The average Bonchev–Trinajstić information content (AvgIpc) is 2.49. The van der Waals surface area contributed by atoms with Crippen LogP contribution < -0.4 is 0 Å². The Bertz CT molecular complexity index is 273. The van der Waals surface area contributed by atoms with Crippen molar-refractivity contribution >= 4 is 5.97 Å². The molecule has 5 heteroatoms. The lowest BCUT2D eigenvalue weighted by Crippen LogP contribution is -2.33. The Balaban J connectivity index is 2.09. The zero-order chi connectivity index (χ0) is 11.2. The van der Waals surface area contributed by atoms with E-state index in [0.29, 0.717) is 0 Å². The Labute approximate surface area is 88.6 Å². The van der Waals surface area contributed by atoms with Crippen molar-refractivity contribution in [1.29, 1.82) is 0 Å². The second-order valence-electron chi connectivity index (χ2n) is 4.51. The van der Waals surface area contributed by atoms with E-state index in [9.17, 15) is 4.79 Å². The number of cyclic esters (lactones) is 1. The molecule has 0 saturated carbocycles. The van der Waals surface area contributed by atoms with Crippen LogP contribution in [0.15, 0.2) is 0 Å². The van der Waals surface area contributed by atoms with Crippen molar-refractivity contribution in [3.63, 3.8) is 0 Å². The number of carbonyl (C=O) groups excluding carboxylic acids is 1. The topological polar surface area (TPSA) is 54.0 Å². The van der Waals surface area contributed by atoms with E-state index in [1.54, 1.807) is 13.8 Å². The molecule has 2 aliphatic heterocycles. The fourth-order valence-electron chi connectivity index (χ4n) is 1.79. The fourth-order valence-corrected chi connectivity index (χ4v) is 1.79. The molecule has 0 amide bonds. The van der Waals surface area contributed by atoms with Gasteiger partial charge in [0.1, 0.15) is 0 Å². The first-order valence-corrected chi connectivity index (χ1v) is 5.11. The summed E-state index contributed by atoms with van der Waals surface area (Å²) in [6, 6.07) is 0. The number of ether oxygens (including phenoxy) is 4. The Morgan fingerprint density at radius 3 is 2.60 bits per heavy atom. The van der Waals surface area contributed by atoms with Crippen LogP contribution >= 0.6 is 0 Å². The van der Waals surface area contributed by atoms with Crippen LogP contribution in [0.2, 0.25) is 0 Å². The predicted octanol–water partition coefficient (Wildman–Crippen LogP) is 0.814. The molecule has 2 aliphatic rings. The van der Waals surface area contributed by atoms with Crippen molar-refractivity contribution in [3.05, 3.63) is 0 Å². The maximum Gasteiger partial charge on any atom is 0.340 e. The third-order valence-corrected chi connectivity index (χ3v) is 2.27. The molecule has 86 valence electrons. The van der Waals surface area contributed by atoms with Gasteiger partial charge in [-0.2, -0.15) is 0 Å². The number of carbonyl (C=O) groups is 1. The van der Waals surface area contributed by atoms with Crippen LogP contribution in [0.5, 0.6) is 0 Å². The van der Waals surface area contributed by atoms with E-state index in [-0.39, 0.29) is 6.10 Å². The number of hydrogen-bond donors (Lipinski definition) is 0. The summed E-state index contributed by atoms with van der Waals surface area (Å²) in [6.45, 7) is 7.29. The third-order valence-electron chi connectivity index (χ3n) is 2.27. The molecule has 2 rings (SSSR count). The summed E-state index contributed by atoms with van der Waals surface area (Å²) in [4.78, 5) is 11.4. The molecule has 2 fully saturated rings. The zero-order valence-electron chi connectivity index (χ0n) is 9.35. The Morgan fingerprint density at radius 2 is 2.00 bits per heavy atom. The second-order valence-corrected chi connectivity index (χ2v) is 4.51. The molecule has 0 aromatic heterocycles. The van der Waals surface area contributed by atoms with E-state index in [2.05, 4.69) is 0 Å². The highest BCUT2D eigenvalue weighted by Crippen LogP contribution is 2.36. The van der Waals surface area contributed by atoms with Gasteiger partial charge in [0.2, 0.25) is 6.29 Å². The lowest BCUT2D eigenvalue weighted by molar-refractivity contribution is -0.226. The highest BCUT2D eigenvalue weighted by atomic mass is 16.8. The highest BCUT2D eigenvalue weighted by molar-refractivity contribution is 5.78. The van der Waals surface area contributed by atoms with Gasteiger partial charge in [-0.05, 0) is 27.7 Å².